The van der Waals surface area contributed by atoms with Crippen molar-refractivity contribution in [1.82, 2.24) is 5.32 Å². The van der Waals surface area contributed by atoms with Crippen LogP contribution in [-0.4, -0.2) is 30.5 Å². The van der Waals surface area contributed by atoms with Crippen LogP contribution in [0.25, 0.3) is 0 Å². The van der Waals surface area contributed by atoms with Crippen LogP contribution < -0.4 is 15.8 Å². The van der Waals surface area contributed by atoms with Gasteiger partial charge in [0, 0.05) is 19.2 Å². The van der Waals surface area contributed by atoms with Crippen LogP contribution in [0, 0.1) is 17.0 Å². The smallest absolute Gasteiger partial charge is 0.311 e. The summed E-state index contributed by atoms with van der Waals surface area (Å²) >= 11 is 0. The molecule has 0 atom stereocenters. The monoisotopic (exact) mass is 371 g/mol. The number of aryl methyl sites for hydroxylation is 2. The highest BCUT2D eigenvalue weighted by Gasteiger charge is 2.17. The predicted molar refractivity (Wildman–Crippen MR) is 104 cm³/mol. The van der Waals surface area contributed by atoms with Gasteiger partial charge in [0.1, 0.15) is 6.61 Å². The molecule has 3 N–H and O–H groups in total. The van der Waals surface area contributed by atoms with Gasteiger partial charge in [-0.15, -0.1) is 0 Å². The largest absolute Gasteiger partial charge is 0.485 e. The molecule has 0 saturated heterocycles. The van der Waals surface area contributed by atoms with Crippen molar-refractivity contribution in [3.05, 3.63) is 69.3 Å². The summed E-state index contributed by atoms with van der Waals surface area (Å²) in [5.41, 5.74) is 8.22. The number of ether oxygens (including phenoxy) is 1. The van der Waals surface area contributed by atoms with Crippen molar-refractivity contribution in [2.45, 2.75) is 26.2 Å². The molecule has 7 heteroatoms. The van der Waals surface area contributed by atoms with E-state index in [0.29, 0.717) is 12.1 Å². The van der Waals surface area contributed by atoms with Gasteiger partial charge >= 0.3 is 5.69 Å². The molecule has 2 rings (SSSR count). The van der Waals surface area contributed by atoms with E-state index in [1.807, 2.05) is 6.07 Å². The van der Waals surface area contributed by atoms with E-state index in [-0.39, 0.29) is 36.9 Å². The van der Waals surface area contributed by atoms with Crippen molar-refractivity contribution in [1.29, 1.82) is 0 Å². The van der Waals surface area contributed by atoms with E-state index < -0.39 is 4.92 Å². The van der Waals surface area contributed by atoms with Crippen molar-refractivity contribution < 1.29 is 14.5 Å². The maximum atomic E-state index is 12.1. The summed E-state index contributed by atoms with van der Waals surface area (Å²) in [6.45, 7) is 3.08. The van der Waals surface area contributed by atoms with Gasteiger partial charge in [0.2, 0.25) is 5.91 Å². The lowest BCUT2D eigenvalue weighted by atomic mass is 10.1. The van der Waals surface area contributed by atoms with E-state index in [4.69, 9.17) is 10.5 Å². The zero-order chi connectivity index (χ0) is 19.6. The number of carbonyl (C=O) groups is 1. The molecule has 0 aliphatic heterocycles. The topological polar surface area (TPSA) is 107 Å². The number of nitro groups is 1. The van der Waals surface area contributed by atoms with Crippen molar-refractivity contribution in [3.63, 3.8) is 0 Å². The zero-order valence-electron chi connectivity index (χ0n) is 15.4. The van der Waals surface area contributed by atoms with Crippen molar-refractivity contribution in [2.24, 2.45) is 5.73 Å². The molecular weight excluding hydrogens is 346 g/mol. The number of benzene rings is 2. The van der Waals surface area contributed by atoms with Crippen LogP contribution in [0.15, 0.2) is 42.5 Å². The standard InChI is InChI=1S/C20H25N3O4/c1-15-4-2-5-16(12-15)6-3-10-22-20(24)14-17-7-8-19(27-11-9-21)18(13-17)23(25)26/h2,4-5,7-8,12-13H,3,6,9-11,14,21H2,1H3,(H,22,24). The molecule has 0 aromatic heterocycles. The third-order valence-electron chi connectivity index (χ3n) is 4.01. The highest BCUT2D eigenvalue weighted by Crippen LogP contribution is 2.28. The second-order valence-corrected chi connectivity index (χ2v) is 6.32. The van der Waals surface area contributed by atoms with Crippen LogP contribution in [-0.2, 0) is 17.6 Å². The molecule has 0 fully saturated rings. The molecule has 27 heavy (non-hydrogen) atoms. The second kappa shape index (κ2) is 10.3. The number of carbonyl (C=O) groups excluding carboxylic acids is 1. The maximum absolute atomic E-state index is 12.1. The first-order valence-electron chi connectivity index (χ1n) is 8.92. The van der Waals surface area contributed by atoms with E-state index in [1.165, 1.54) is 23.3 Å². The van der Waals surface area contributed by atoms with Crippen LogP contribution in [0.3, 0.4) is 0 Å². The number of nitrogens with one attached hydrogen (secondary N) is 1. The van der Waals surface area contributed by atoms with Crippen LogP contribution in [0.1, 0.15) is 23.1 Å². The fourth-order valence-corrected chi connectivity index (χ4v) is 2.74. The Morgan fingerprint density at radius 1 is 1.22 bits per heavy atom. The third kappa shape index (κ3) is 6.71. The molecule has 0 unspecified atom stereocenters. The first-order chi connectivity index (χ1) is 13.0. The molecule has 0 bridgehead atoms. The first kappa shape index (κ1) is 20.4. The summed E-state index contributed by atoms with van der Waals surface area (Å²) in [5, 5.41) is 14.0. The summed E-state index contributed by atoms with van der Waals surface area (Å²) in [6, 6.07) is 12.8. The average Bonchev–Trinajstić information content (AvgIpc) is 2.64. The van der Waals surface area contributed by atoms with E-state index in [9.17, 15) is 14.9 Å². The van der Waals surface area contributed by atoms with Gasteiger partial charge in [0.25, 0.3) is 0 Å². The molecule has 0 spiro atoms. The van der Waals surface area contributed by atoms with Crippen molar-refractivity contribution >= 4 is 11.6 Å². The Morgan fingerprint density at radius 2 is 2.04 bits per heavy atom. The predicted octanol–water partition coefficient (Wildman–Crippen LogP) is 2.53. The fraction of sp³-hybridized carbons (Fsp3) is 0.350. The van der Waals surface area contributed by atoms with Gasteiger partial charge in [-0.25, -0.2) is 0 Å². The van der Waals surface area contributed by atoms with E-state index in [0.717, 1.165) is 12.8 Å². The number of amides is 1. The highest BCUT2D eigenvalue weighted by molar-refractivity contribution is 5.78. The van der Waals surface area contributed by atoms with Crippen molar-refractivity contribution in [3.8, 4) is 5.75 Å². The lowest BCUT2D eigenvalue weighted by Gasteiger charge is -2.08. The van der Waals surface area contributed by atoms with Crippen LogP contribution in [0.4, 0.5) is 5.69 Å². The maximum Gasteiger partial charge on any atom is 0.311 e. The number of hydrogen-bond acceptors (Lipinski definition) is 5. The van der Waals surface area contributed by atoms with E-state index in [1.54, 1.807) is 6.07 Å². The van der Waals surface area contributed by atoms with Gasteiger partial charge in [-0.2, -0.15) is 0 Å². The lowest BCUT2D eigenvalue weighted by molar-refractivity contribution is -0.385. The summed E-state index contributed by atoms with van der Waals surface area (Å²) in [6.07, 6.45) is 1.81. The Balaban J connectivity index is 1.84. The molecule has 2 aromatic carbocycles. The first-order valence-corrected chi connectivity index (χ1v) is 8.92. The Morgan fingerprint density at radius 3 is 2.74 bits per heavy atom. The summed E-state index contributed by atoms with van der Waals surface area (Å²) < 4.78 is 5.27. The Kier molecular flexibility index (Phi) is 7.76. The Labute approximate surface area is 158 Å². The number of nitrogens with zero attached hydrogens (tertiary/aromatic N) is 1. The van der Waals surface area contributed by atoms with Gasteiger partial charge in [-0.1, -0.05) is 35.9 Å². The number of nitrogens with two attached hydrogens (primary N) is 1. The third-order valence-corrected chi connectivity index (χ3v) is 4.01. The minimum absolute atomic E-state index is 0.0858. The fourth-order valence-electron chi connectivity index (χ4n) is 2.74. The second-order valence-electron chi connectivity index (χ2n) is 6.32. The normalized spacial score (nSPS) is 10.4. The lowest BCUT2D eigenvalue weighted by Crippen LogP contribution is -2.26. The molecule has 144 valence electrons. The van der Waals surface area contributed by atoms with Crippen molar-refractivity contribution in [2.75, 3.05) is 19.7 Å². The molecule has 0 saturated carbocycles. The summed E-state index contributed by atoms with van der Waals surface area (Å²) in [4.78, 5) is 22.8. The van der Waals surface area contributed by atoms with Gasteiger partial charge in [-0.3, -0.25) is 14.9 Å². The molecule has 1 amide bonds. The average molecular weight is 371 g/mol. The van der Waals surface area contributed by atoms with E-state index >= 15 is 0 Å². The molecule has 0 aliphatic carbocycles. The number of rotatable bonds is 10. The van der Waals surface area contributed by atoms with E-state index in [2.05, 4.69) is 30.4 Å². The molecule has 7 nitrogen and oxygen atoms in total. The SMILES string of the molecule is Cc1cccc(CCCNC(=O)Cc2ccc(OCCN)c([N+](=O)[O-])c2)c1. The van der Waals surface area contributed by atoms with Crippen LogP contribution in [0.2, 0.25) is 0 Å². The molecule has 0 aliphatic rings. The van der Waals surface area contributed by atoms with Gasteiger partial charge in [0.05, 0.1) is 11.3 Å². The Bertz CT molecular complexity index is 793. The minimum atomic E-state index is -0.519. The molecular formula is C20H25N3O4. The molecule has 0 radical (unpaired) electrons. The minimum Gasteiger partial charge on any atom is -0.485 e. The van der Waals surface area contributed by atoms with Crippen LogP contribution in [0.5, 0.6) is 5.75 Å². The molecule has 0 heterocycles. The summed E-state index contributed by atoms with van der Waals surface area (Å²) in [5.74, 6) is -0.00284. The number of nitro benzene ring substituents is 1. The van der Waals surface area contributed by atoms with Crippen LogP contribution >= 0.6 is 0 Å². The Hall–Kier alpha value is -2.93. The highest BCUT2D eigenvalue weighted by atomic mass is 16.6. The summed E-state index contributed by atoms with van der Waals surface area (Å²) in [7, 11) is 0. The zero-order valence-corrected chi connectivity index (χ0v) is 15.4. The van der Waals surface area contributed by atoms with Gasteiger partial charge in [-0.05, 0) is 37.0 Å². The van der Waals surface area contributed by atoms with Gasteiger partial charge < -0.3 is 15.8 Å². The quantitative estimate of drug-likeness (QED) is 0.379. The molecule has 2 aromatic rings. The number of hydrogen-bond donors (Lipinski definition) is 2. The van der Waals surface area contributed by atoms with Gasteiger partial charge in [0.15, 0.2) is 5.75 Å².